The molecule has 0 fully saturated rings. The number of hydrogen-bond donors (Lipinski definition) is 1. The second kappa shape index (κ2) is 4.63. The van der Waals surface area contributed by atoms with Crippen LogP contribution in [0.2, 0.25) is 0 Å². The van der Waals surface area contributed by atoms with Crippen molar-refractivity contribution >= 4 is 21.6 Å². The van der Waals surface area contributed by atoms with Crippen LogP contribution in [-0.4, -0.2) is 25.3 Å². The Hall–Kier alpha value is -0.540. The van der Waals surface area contributed by atoms with Crippen molar-refractivity contribution in [2.45, 2.75) is 6.92 Å². The first-order valence-electron chi connectivity index (χ1n) is 4.23. The van der Waals surface area contributed by atoms with E-state index in [1.54, 1.807) is 0 Å². The molecule has 2 nitrogen and oxygen atoms in total. The van der Waals surface area contributed by atoms with E-state index in [0.29, 0.717) is 6.54 Å². The zero-order chi connectivity index (χ0) is 9.84. The van der Waals surface area contributed by atoms with E-state index < -0.39 is 0 Å². The van der Waals surface area contributed by atoms with E-state index in [9.17, 15) is 0 Å². The van der Waals surface area contributed by atoms with Crippen LogP contribution in [0.5, 0.6) is 0 Å². The smallest absolute Gasteiger partial charge is 0.0606 e. The van der Waals surface area contributed by atoms with Gasteiger partial charge in [0.15, 0.2) is 0 Å². The highest BCUT2D eigenvalue weighted by atomic mass is 79.9. The van der Waals surface area contributed by atoms with Crippen molar-refractivity contribution in [1.82, 2.24) is 0 Å². The van der Waals surface area contributed by atoms with Gasteiger partial charge in [0.05, 0.1) is 6.61 Å². The summed E-state index contributed by atoms with van der Waals surface area (Å²) in [5.41, 5.74) is 2.38. The second-order valence-corrected chi connectivity index (χ2v) is 3.99. The maximum absolute atomic E-state index is 8.80. The van der Waals surface area contributed by atoms with Crippen LogP contribution >= 0.6 is 15.9 Å². The summed E-state index contributed by atoms with van der Waals surface area (Å²) in [6, 6.07) is 6.14. The Kier molecular flexibility index (Phi) is 3.75. The Morgan fingerprint density at radius 1 is 1.46 bits per heavy atom. The van der Waals surface area contributed by atoms with Gasteiger partial charge in [0, 0.05) is 23.8 Å². The molecule has 72 valence electrons. The minimum absolute atomic E-state index is 0.183. The first-order valence-corrected chi connectivity index (χ1v) is 5.02. The minimum Gasteiger partial charge on any atom is -0.395 e. The van der Waals surface area contributed by atoms with Crippen LogP contribution < -0.4 is 4.90 Å². The molecule has 1 N–H and O–H groups in total. The van der Waals surface area contributed by atoms with E-state index in [0.717, 1.165) is 10.2 Å². The van der Waals surface area contributed by atoms with Gasteiger partial charge in [-0.05, 0) is 24.6 Å². The highest BCUT2D eigenvalue weighted by molar-refractivity contribution is 9.10. The van der Waals surface area contributed by atoms with Crippen molar-refractivity contribution < 1.29 is 5.11 Å². The molecule has 1 aromatic rings. The molecule has 0 amide bonds. The number of halogens is 1. The SMILES string of the molecule is Cc1ccc(Br)cc1N(C)CCO. The molecule has 0 saturated heterocycles. The maximum Gasteiger partial charge on any atom is 0.0606 e. The molecule has 0 bridgehead atoms. The van der Waals surface area contributed by atoms with Gasteiger partial charge < -0.3 is 10.0 Å². The van der Waals surface area contributed by atoms with Crippen LogP contribution in [0.4, 0.5) is 5.69 Å². The fourth-order valence-corrected chi connectivity index (χ4v) is 1.61. The minimum atomic E-state index is 0.183. The summed E-state index contributed by atoms with van der Waals surface area (Å²) >= 11 is 3.43. The van der Waals surface area contributed by atoms with E-state index in [-0.39, 0.29) is 6.61 Å². The summed E-state index contributed by atoms with van der Waals surface area (Å²) in [5, 5.41) is 8.80. The summed E-state index contributed by atoms with van der Waals surface area (Å²) in [7, 11) is 1.98. The average Bonchev–Trinajstić information content (AvgIpc) is 2.09. The standard InChI is InChI=1S/C10H14BrNO/c1-8-3-4-9(11)7-10(8)12(2)5-6-13/h3-4,7,13H,5-6H2,1-2H3. The Morgan fingerprint density at radius 3 is 2.77 bits per heavy atom. The third-order valence-electron chi connectivity index (χ3n) is 2.02. The number of aliphatic hydroxyl groups is 1. The second-order valence-electron chi connectivity index (χ2n) is 3.08. The number of hydrogen-bond acceptors (Lipinski definition) is 2. The molecule has 0 radical (unpaired) electrons. The predicted molar refractivity (Wildman–Crippen MR) is 59.2 cm³/mol. The van der Waals surface area contributed by atoms with Gasteiger partial charge in [0.2, 0.25) is 0 Å². The lowest BCUT2D eigenvalue weighted by atomic mass is 10.2. The molecule has 0 atom stereocenters. The fourth-order valence-electron chi connectivity index (χ4n) is 1.26. The number of rotatable bonds is 3. The van der Waals surface area contributed by atoms with Crippen molar-refractivity contribution in [3.05, 3.63) is 28.2 Å². The van der Waals surface area contributed by atoms with Gasteiger partial charge in [0.25, 0.3) is 0 Å². The molecule has 0 saturated carbocycles. The zero-order valence-electron chi connectivity index (χ0n) is 7.92. The molecule has 13 heavy (non-hydrogen) atoms. The highest BCUT2D eigenvalue weighted by Gasteiger charge is 2.03. The molecule has 0 aliphatic rings. The largest absolute Gasteiger partial charge is 0.395 e. The van der Waals surface area contributed by atoms with Gasteiger partial charge in [-0.25, -0.2) is 0 Å². The van der Waals surface area contributed by atoms with Crippen molar-refractivity contribution in [1.29, 1.82) is 0 Å². The summed E-state index contributed by atoms with van der Waals surface area (Å²) in [4.78, 5) is 2.04. The van der Waals surface area contributed by atoms with Crippen LogP contribution in [0.15, 0.2) is 22.7 Å². The van der Waals surface area contributed by atoms with Gasteiger partial charge in [0.1, 0.15) is 0 Å². The third kappa shape index (κ3) is 2.71. The predicted octanol–water partition coefficient (Wildman–Crippen LogP) is 2.19. The number of aryl methyl sites for hydroxylation is 1. The zero-order valence-corrected chi connectivity index (χ0v) is 9.50. The number of aliphatic hydroxyl groups excluding tert-OH is 1. The molecule has 0 unspecified atom stereocenters. The number of nitrogens with zero attached hydrogens (tertiary/aromatic N) is 1. The average molecular weight is 244 g/mol. The fraction of sp³-hybridized carbons (Fsp3) is 0.400. The van der Waals surface area contributed by atoms with Gasteiger partial charge in [-0.1, -0.05) is 22.0 Å². The summed E-state index contributed by atoms with van der Waals surface area (Å²) < 4.78 is 1.07. The van der Waals surface area contributed by atoms with E-state index in [1.165, 1.54) is 5.56 Å². The van der Waals surface area contributed by atoms with Crippen molar-refractivity contribution in [3.8, 4) is 0 Å². The lowest BCUT2D eigenvalue weighted by Crippen LogP contribution is -2.21. The molecule has 1 aromatic carbocycles. The van der Waals surface area contributed by atoms with Crippen molar-refractivity contribution in [3.63, 3.8) is 0 Å². The molecule has 0 aliphatic carbocycles. The van der Waals surface area contributed by atoms with Gasteiger partial charge >= 0.3 is 0 Å². The van der Waals surface area contributed by atoms with Gasteiger partial charge in [-0.2, -0.15) is 0 Å². The van der Waals surface area contributed by atoms with E-state index in [4.69, 9.17) is 5.11 Å². The Morgan fingerprint density at radius 2 is 2.15 bits per heavy atom. The molecular formula is C10H14BrNO. The van der Waals surface area contributed by atoms with Gasteiger partial charge in [-0.3, -0.25) is 0 Å². The summed E-state index contributed by atoms with van der Waals surface area (Å²) in [5.74, 6) is 0. The Labute approximate surface area is 87.3 Å². The number of likely N-dealkylation sites (N-methyl/N-ethyl adjacent to an activating group) is 1. The van der Waals surface area contributed by atoms with Crippen LogP contribution in [0, 0.1) is 6.92 Å². The van der Waals surface area contributed by atoms with Gasteiger partial charge in [-0.15, -0.1) is 0 Å². The van der Waals surface area contributed by atoms with Crippen LogP contribution in [0.1, 0.15) is 5.56 Å². The van der Waals surface area contributed by atoms with E-state index in [2.05, 4.69) is 35.0 Å². The molecule has 0 spiro atoms. The molecule has 0 heterocycles. The lowest BCUT2D eigenvalue weighted by Gasteiger charge is -2.20. The van der Waals surface area contributed by atoms with Crippen molar-refractivity contribution in [2.24, 2.45) is 0 Å². The first-order chi connectivity index (χ1) is 6.15. The Balaban J connectivity index is 2.91. The number of benzene rings is 1. The van der Waals surface area contributed by atoms with E-state index >= 15 is 0 Å². The molecule has 0 aromatic heterocycles. The Bertz CT molecular complexity index is 288. The lowest BCUT2D eigenvalue weighted by molar-refractivity contribution is 0.304. The number of anilines is 1. The van der Waals surface area contributed by atoms with Crippen LogP contribution in [-0.2, 0) is 0 Å². The molecular weight excluding hydrogens is 230 g/mol. The molecule has 3 heteroatoms. The quantitative estimate of drug-likeness (QED) is 0.880. The summed E-state index contributed by atoms with van der Waals surface area (Å²) in [6.45, 7) is 2.91. The van der Waals surface area contributed by atoms with Crippen molar-refractivity contribution in [2.75, 3.05) is 25.1 Å². The topological polar surface area (TPSA) is 23.5 Å². The molecule has 1 rings (SSSR count). The molecule has 0 aliphatic heterocycles. The maximum atomic E-state index is 8.80. The monoisotopic (exact) mass is 243 g/mol. The summed E-state index contributed by atoms with van der Waals surface area (Å²) in [6.07, 6.45) is 0. The van der Waals surface area contributed by atoms with Crippen LogP contribution in [0.25, 0.3) is 0 Å². The highest BCUT2D eigenvalue weighted by Crippen LogP contribution is 2.23. The van der Waals surface area contributed by atoms with E-state index in [1.807, 2.05) is 18.0 Å². The van der Waals surface area contributed by atoms with Crippen LogP contribution in [0.3, 0.4) is 0 Å². The normalized spacial score (nSPS) is 10.2. The third-order valence-corrected chi connectivity index (χ3v) is 2.51. The first kappa shape index (κ1) is 10.5.